The van der Waals surface area contributed by atoms with Gasteiger partial charge in [0.2, 0.25) is 10.0 Å². The standard InChI is InChI=1S/C14H22N2O4S/c1-11(2)20-9-8-15-14(17)12-6-5-7-13(10-12)21(18,19)16(3)4/h5-7,10-11H,8-9H2,1-4H3,(H,15,17). The highest BCUT2D eigenvalue weighted by molar-refractivity contribution is 7.89. The zero-order valence-electron chi connectivity index (χ0n) is 12.8. The molecule has 1 aromatic carbocycles. The first-order valence-electron chi connectivity index (χ1n) is 6.67. The fraction of sp³-hybridized carbons (Fsp3) is 0.500. The predicted octanol–water partition coefficient (Wildman–Crippen LogP) is 1.09. The first kappa shape index (κ1) is 17.6. The van der Waals surface area contributed by atoms with Crippen LogP contribution in [0.1, 0.15) is 24.2 Å². The van der Waals surface area contributed by atoms with Crippen molar-refractivity contribution in [3.8, 4) is 0 Å². The highest BCUT2D eigenvalue weighted by Crippen LogP contribution is 2.14. The maximum Gasteiger partial charge on any atom is 0.251 e. The average Bonchev–Trinajstić information content (AvgIpc) is 2.43. The van der Waals surface area contributed by atoms with Crippen molar-refractivity contribution in [2.45, 2.75) is 24.8 Å². The number of hydrogen-bond donors (Lipinski definition) is 1. The van der Waals surface area contributed by atoms with Gasteiger partial charge in [-0.25, -0.2) is 12.7 Å². The fourth-order valence-corrected chi connectivity index (χ4v) is 2.52. The summed E-state index contributed by atoms with van der Waals surface area (Å²) in [6, 6.07) is 5.96. The van der Waals surface area contributed by atoms with Crippen LogP contribution in [0.5, 0.6) is 0 Å². The quantitative estimate of drug-likeness (QED) is 0.765. The van der Waals surface area contributed by atoms with Crippen LogP contribution in [-0.4, -0.2) is 52.0 Å². The van der Waals surface area contributed by atoms with Gasteiger partial charge in [-0.2, -0.15) is 0 Å². The van der Waals surface area contributed by atoms with Gasteiger partial charge in [-0.1, -0.05) is 6.07 Å². The minimum absolute atomic E-state index is 0.0959. The maximum absolute atomic E-state index is 12.0. The van der Waals surface area contributed by atoms with Crippen molar-refractivity contribution in [1.82, 2.24) is 9.62 Å². The van der Waals surface area contributed by atoms with Gasteiger partial charge in [0.05, 0.1) is 17.6 Å². The number of carbonyl (C=O) groups excluding carboxylic acids is 1. The minimum Gasteiger partial charge on any atom is -0.377 e. The van der Waals surface area contributed by atoms with Gasteiger partial charge in [-0.3, -0.25) is 4.79 Å². The molecule has 0 aliphatic carbocycles. The molecule has 0 heterocycles. The van der Waals surface area contributed by atoms with Crippen LogP contribution in [0.2, 0.25) is 0 Å². The van der Waals surface area contributed by atoms with Gasteiger partial charge in [-0.15, -0.1) is 0 Å². The van der Waals surface area contributed by atoms with E-state index in [1.807, 2.05) is 13.8 Å². The molecule has 0 unspecified atom stereocenters. The van der Waals surface area contributed by atoms with E-state index in [9.17, 15) is 13.2 Å². The van der Waals surface area contributed by atoms with Gasteiger partial charge >= 0.3 is 0 Å². The monoisotopic (exact) mass is 314 g/mol. The van der Waals surface area contributed by atoms with E-state index in [1.54, 1.807) is 12.1 Å². The Bertz CT molecular complexity index is 582. The highest BCUT2D eigenvalue weighted by atomic mass is 32.2. The predicted molar refractivity (Wildman–Crippen MR) is 80.7 cm³/mol. The van der Waals surface area contributed by atoms with E-state index >= 15 is 0 Å². The summed E-state index contributed by atoms with van der Waals surface area (Å²) in [6.07, 6.45) is 0.107. The maximum atomic E-state index is 12.0. The molecule has 0 bridgehead atoms. The summed E-state index contributed by atoms with van der Waals surface area (Å²) in [5, 5.41) is 2.69. The molecule has 0 aliphatic heterocycles. The van der Waals surface area contributed by atoms with Crippen molar-refractivity contribution in [3.63, 3.8) is 0 Å². The molecule has 118 valence electrons. The summed E-state index contributed by atoms with van der Waals surface area (Å²) >= 11 is 0. The zero-order chi connectivity index (χ0) is 16.0. The lowest BCUT2D eigenvalue weighted by Gasteiger charge is -2.12. The van der Waals surface area contributed by atoms with E-state index in [-0.39, 0.29) is 16.9 Å². The number of benzene rings is 1. The minimum atomic E-state index is -3.54. The molecule has 6 nitrogen and oxygen atoms in total. The Hall–Kier alpha value is -1.44. The average molecular weight is 314 g/mol. The first-order valence-corrected chi connectivity index (χ1v) is 8.11. The number of hydrogen-bond acceptors (Lipinski definition) is 4. The summed E-state index contributed by atoms with van der Waals surface area (Å²) in [6.45, 7) is 4.62. The molecule has 0 spiro atoms. The number of rotatable bonds is 7. The van der Waals surface area contributed by atoms with E-state index in [0.29, 0.717) is 18.7 Å². The Balaban J connectivity index is 2.74. The van der Waals surface area contributed by atoms with Crippen molar-refractivity contribution in [1.29, 1.82) is 0 Å². The van der Waals surface area contributed by atoms with E-state index in [4.69, 9.17) is 4.74 Å². The van der Waals surface area contributed by atoms with Crippen LogP contribution >= 0.6 is 0 Å². The molecule has 0 saturated heterocycles. The molecule has 1 amide bonds. The molecule has 0 aliphatic rings. The van der Waals surface area contributed by atoms with Gasteiger partial charge in [-0.05, 0) is 32.0 Å². The van der Waals surface area contributed by atoms with Crippen LogP contribution in [0.25, 0.3) is 0 Å². The summed E-state index contributed by atoms with van der Waals surface area (Å²) in [4.78, 5) is 12.1. The van der Waals surface area contributed by atoms with Gasteiger partial charge < -0.3 is 10.1 Å². The molecular formula is C14H22N2O4S. The van der Waals surface area contributed by atoms with Crippen LogP contribution in [0.15, 0.2) is 29.2 Å². The highest BCUT2D eigenvalue weighted by Gasteiger charge is 2.18. The van der Waals surface area contributed by atoms with Gasteiger partial charge in [0, 0.05) is 26.2 Å². The molecular weight excluding hydrogens is 292 g/mol. The summed E-state index contributed by atoms with van der Waals surface area (Å²) < 4.78 is 30.5. The number of amides is 1. The Morgan fingerprint density at radius 1 is 1.33 bits per heavy atom. The SMILES string of the molecule is CC(C)OCCNC(=O)c1cccc(S(=O)(=O)N(C)C)c1. The Morgan fingerprint density at radius 2 is 2.00 bits per heavy atom. The smallest absolute Gasteiger partial charge is 0.251 e. The number of sulfonamides is 1. The summed E-state index contributed by atoms with van der Waals surface area (Å²) in [5.41, 5.74) is 0.308. The molecule has 1 aromatic rings. The lowest BCUT2D eigenvalue weighted by Crippen LogP contribution is -2.28. The summed E-state index contributed by atoms with van der Waals surface area (Å²) in [7, 11) is -0.641. The molecule has 0 atom stereocenters. The number of ether oxygens (including phenoxy) is 1. The second-order valence-corrected chi connectivity index (χ2v) is 7.14. The molecule has 1 N–H and O–H groups in total. The van der Waals surface area contributed by atoms with Crippen molar-refractivity contribution in [2.24, 2.45) is 0 Å². The molecule has 0 fully saturated rings. The summed E-state index contributed by atoms with van der Waals surface area (Å²) in [5.74, 6) is -0.321. The second-order valence-electron chi connectivity index (χ2n) is 4.99. The van der Waals surface area contributed by atoms with Crippen molar-refractivity contribution in [2.75, 3.05) is 27.2 Å². The normalized spacial score (nSPS) is 11.9. The van der Waals surface area contributed by atoms with Crippen LogP contribution < -0.4 is 5.32 Å². The van der Waals surface area contributed by atoms with E-state index < -0.39 is 10.0 Å². The topological polar surface area (TPSA) is 75.7 Å². The molecule has 0 radical (unpaired) electrons. The van der Waals surface area contributed by atoms with Gasteiger partial charge in [0.25, 0.3) is 5.91 Å². The van der Waals surface area contributed by atoms with Crippen molar-refractivity contribution >= 4 is 15.9 Å². The van der Waals surface area contributed by atoms with Gasteiger partial charge in [0.1, 0.15) is 0 Å². The third kappa shape index (κ3) is 5.11. The largest absolute Gasteiger partial charge is 0.377 e. The molecule has 0 aromatic heterocycles. The third-order valence-electron chi connectivity index (χ3n) is 2.71. The lowest BCUT2D eigenvalue weighted by molar-refractivity contribution is 0.0746. The molecule has 7 heteroatoms. The lowest BCUT2D eigenvalue weighted by atomic mass is 10.2. The van der Waals surface area contributed by atoms with Crippen molar-refractivity contribution < 1.29 is 17.9 Å². The Labute approximate surface area is 126 Å². The second kappa shape index (κ2) is 7.53. The van der Waals surface area contributed by atoms with E-state index in [2.05, 4.69) is 5.32 Å². The van der Waals surface area contributed by atoms with Crippen molar-refractivity contribution in [3.05, 3.63) is 29.8 Å². The number of nitrogens with zero attached hydrogens (tertiary/aromatic N) is 1. The van der Waals surface area contributed by atoms with Crippen LogP contribution in [0, 0.1) is 0 Å². The van der Waals surface area contributed by atoms with Gasteiger partial charge in [0.15, 0.2) is 0 Å². The fourth-order valence-electron chi connectivity index (χ4n) is 1.57. The molecule has 0 saturated carbocycles. The van der Waals surface area contributed by atoms with Crippen LogP contribution in [0.3, 0.4) is 0 Å². The number of nitrogens with one attached hydrogen (secondary N) is 1. The number of carbonyl (C=O) groups is 1. The van der Waals surface area contributed by atoms with Crippen LogP contribution in [0.4, 0.5) is 0 Å². The van der Waals surface area contributed by atoms with E-state index in [1.165, 1.54) is 26.2 Å². The Morgan fingerprint density at radius 3 is 2.57 bits per heavy atom. The Kier molecular flexibility index (Phi) is 6.32. The third-order valence-corrected chi connectivity index (χ3v) is 4.52. The van der Waals surface area contributed by atoms with Crippen LogP contribution in [-0.2, 0) is 14.8 Å². The molecule has 21 heavy (non-hydrogen) atoms. The zero-order valence-corrected chi connectivity index (χ0v) is 13.6. The van der Waals surface area contributed by atoms with E-state index in [0.717, 1.165) is 4.31 Å². The molecule has 1 rings (SSSR count). The first-order chi connectivity index (χ1) is 9.75.